The van der Waals surface area contributed by atoms with Crippen LogP contribution in [0.2, 0.25) is 0 Å². The quantitative estimate of drug-likeness (QED) is 0.884. The van der Waals surface area contributed by atoms with E-state index >= 15 is 0 Å². The zero-order chi connectivity index (χ0) is 16.1. The van der Waals surface area contributed by atoms with Gasteiger partial charge in [0, 0.05) is 17.0 Å². The summed E-state index contributed by atoms with van der Waals surface area (Å²) in [6.07, 6.45) is 5.59. The van der Waals surface area contributed by atoms with Gasteiger partial charge in [-0.25, -0.2) is 14.5 Å². The van der Waals surface area contributed by atoms with Crippen molar-refractivity contribution in [2.75, 3.05) is 17.6 Å². The van der Waals surface area contributed by atoms with E-state index in [1.807, 2.05) is 36.0 Å². The fourth-order valence-corrected chi connectivity index (χ4v) is 3.86. The van der Waals surface area contributed by atoms with Crippen LogP contribution in [0.25, 0.3) is 0 Å². The highest BCUT2D eigenvalue weighted by atomic mass is 32.2. The number of nitrogens with one attached hydrogen (secondary N) is 2. The van der Waals surface area contributed by atoms with Gasteiger partial charge in [0.25, 0.3) is 0 Å². The number of benzene rings is 1. The van der Waals surface area contributed by atoms with Gasteiger partial charge in [-0.2, -0.15) is 16.9 Å². The Kier molecular flexibility index (Phi) is 4.85. The first-order chi connectivity index (χ1) is 11.1. The molecule has 0 spiro atoms. The standard InChI is InChI=1S/C16H21N5OS/c1-16(7-2-8-23-16)10-18-15(22)20-14-5-3-13(4-6-14)9-21-12-17-11-19-21/h3-6,11-12H,2,7-10H2,1H3,(H2,18,20,22)/t16-/m1/s1. The van der Waals surface area contributed by atoms with Crippen LogP contribution in [-0.2, 0) is 6.54 Å². The molecule has 2 aromatic rings. The lowest BCUT2D eigenvalue weighted by Gasteiger charge is -2.22. The summed E-state index contributed by atoms with van der Waals surface area (Å²) in [5.41, 5.74) is 1.89. The van der Waals surface area contributed by atoms with E-state index in [0.717, 1.165) is 17.7 Å². The average molecular weight is 331 g/mol. The molecule has 23 heavy (non-hydrogen) atoms. The largest absolute Gasteiger partial charge is 0.336 e. The summed E-state index contributed by atoms with van der Waals surface area (Å²) in [6, 6.07) is 7.61. The maximum Gasteiger partial charge on any atom is 0.319 e. The molecule has 3 rings (SSSR count). The monoisotopic (exact) mass is 331 g/mol. The predicted molar refractivity (Wildman–Crippen MR) is 92.7 cm³/mol. The third kappa shape index (κ3) is 4.48. The molecular formula is C16H21N5OS. The third-order valence-corrected chi connectivity index (χ3v) is 5.48. The van der Waals surface area contributed by atoms with E-state index in [2.05, 4.69) is 27.6 Å². The van der Waals surface area contributed by atoms with E-state index in [1.165, 1.54) is 18.5 Å². The van der Waals surface area contributed by atoms with Crippen LogP contribution >= 0.6 is 11.8 Å². The Morgan fingerprint density at radius 3 is 2.87 bits per heavy atom. The average Bonchev–Trinajstić information content (AvgIpc) is 3.20. The van der Waals surface area contributed by atoms with E-state index in [1.54, 1.807) is 11.0 Å². The second-order valence-corrected chi connectivity index (χ2v) is 7.68. The van der Waals surface area contributed by atoms with Crippen molar-refractivity contribution in [2.24, 2.45) is 0 Å². The Balaban J connectivity index is 1.48. The molecule has 1 atom stereocenters. The van der Waals surface area contributed by atoms with Crippen LogP contribution in [-0.4, -0.2) is 37.8 Å². The van der Waals surface area contributed by atoms with Gasteiger partial charge in [-0.3, -0.25) is 0 Å². The topological polar surface area (TPSA) is 71.8 Å². The van der Waals surface area contributed by atoms with Gasteiger partial charge in [-0.05, 0) is 43.2 Å². The smallest absolute Gasteiger partial charge is 0.319 e. The molecule has 2 amide bonds. The van der Waals surface area contributed by atoms with E-state index in [-0.39, 0.29) is 10.8 Å². The molecule has 7 heteroatoms. The Labute approximate surface area is 140 Å². The van der Waals surface area contributed by atoms with Gasteiger partial charge in [-0.1, -0.05) is 12.1 Å². The summed E-state index contributed by atoms with van der Waals surface area (Å²) in [7, 11) is 0. The minimum Gasteiger partial charge on any atom is -0.336 e. The molecule has 2 heterocycles. The maximum absolute atomic E-state index is 12.0. The van der Waals surface area contributed by atoms with Gasteiger partial charge in [-0.15, -0.1) is 0 Å². The fraction of sp³-hybridized carbons (Fsp3) is 0.438. The van der Waals surface area contributed by atoms with Crippen LogP contribution in [0.1, 0.15) is 25.3 Å². The molecule has 0 radical (unpaired) electrons. The second kappa shape index (κ2) is 7.04. The van der Waals surface area contributed by atoms with Gasteiger partial charge < -0.3 is 10.6 Å². The molecule has 1 aliphatic heterocycles. The van der Waals surface area contributed by atoms with Gasteiger partial charge >= 0.3 is 6.03 Å². The summed E-state index contributed by atoms with van der Waals surface area (Å²) in [6.45, 7) is 3.58. The molecule has 1 saturated heterocycles. The molecule has 1 aliphatic rings. The predicted octanol–water partition coefficient (Wildman–Crippen LogP) is 2.73. The number of carbonyl (C=O) groups excluding carboxylic acids is 1. The van der Waals surface area contributed by atoms with Crippen molar-refractivity contribution in [3.05, 3.63) is 42.5 Å². The minimum atomic E-state index is -0.150. The fourth-order valence-electron chi connectivity index (χ4n) is 2.61. The van der Waals surface area contributed by atoms with E-state index in [0.29, 0.717) is 13.1 Å². The summed E-state index contributed by atoms with van der Waals surface area (Å²) < 4.78 is 1.94. The summed E-state index contributed by atoms with van der Waals surface area (Å²) in [5.74, 6) is 1.19. The molecule has 1 fully saturated rings. The molecule has 2 N–H and O–H groups in total. The number of carbonyl (C=O) groups is 1. The van der Waals surface area contributed by atoms with Gasteiger partial charge in [0.15, 0.2) is 0 Å². The zero-order valence-corrected chi connectivity index (χ0v) is 14.0. The Morgan fingerprint density at radius 2 is 2.22 bits per heavy atom. The van der Waals surface area contributed by atoms with Crippen molar-refractivity contribution in [1.29, 1.82) is 0 Å². The molecule has 1 aromatic carbocycles. The summed E-state index contributed by atoms with van der Waals surface area (Å²) in [5, 5.41) is 9.92. The number of anilines is 1. The highest BCUT2D eigenvalue weighted by Gasteiger charge is 2.29. The molecular weight excluding hydrogens is 310 g/mol. The van der Waals surface area contributed by atoms with E-state index < -0.39 is 0 Å². The third-order valence-electron chi connectivity index (χ3n) is 3.95. The van der Waals surface area contributed by atoms with Crippen molar-refractivity contribution >= 4 is 23.5 Å². The van der Waals surface area contributed by atoms with Crippen molar-refractivity contribution in [3.8, 4) is 0 Å². The number of rotatable bonds is 5. The number of urea groups is 1. The van der Waals surface area contributed by atoms with Crippen molar-refractivity contribution in [3.63, 3.8) is 0 Å². The van der Waals surface area contributed by atoms with Crippen LogP contribution in [0, 0.1) is 0 Å². The molecule has 0 unspecified atom stereocenters. The first kappa shape index (κ1) is 15.9. The van der Waals surface area contributed by atoms with Gasteiger partial charge in [0.05, 0.1) is 6.54 Å². The van der Waals surface area contributed by atoms with Gasteiger partial charge in [0.1, 0.15) is 12.7 Å². The van der Waals surface area contributed by atoms with E-state index in [9.17, 15) is 4.79 Å². The Hall–Kier alpha value is -2.02. The van der Waals surface area contributed by atoms with Crippen molar-refractivity contribution in [1.82, 2.24) is 20.1 Å². The van der Waals surface area contributed by atoms with Crippen LogP contribution in [0.5, 0.6) is 0 Å². The summed E-state index contributed by atoms with van der Waals surface area (Å²) in [4.78, 5) is 15.9. The number of hydrogen-bond acceptors (Lipinski definition) is 4. The van der Waals surface area contributed by atoms with Crippen LogP contribution in [0.15, 0.2) is 36.9 Å². The maximum atomic E-state index is 12.0. The van der Waals surface area contributed by atoms with Gasteiger partial charge in [0.2, 0.25) is 0 Å². The lowest BCUT2D eigenvalue weighted by molar-refractivity contribution is 0.251. The SMILES string of the molecule is C[C@]1(CNC(=O)Nc2ccc(Cn3cncn3)cc2)CCCS1. The number of aromatic nitrogens is 3. The number of amides is 2. The molecule has 0 bridgehead atoms. The number of hydrogen-bond donors (Lipinski definition) is 2. The molecule has 0 aliphatic carbocycles. The number of thioether (sulfide) groups is 1. The second-order valence-electron chi connectivity index (χ2n) is 6.00. The Morgan fingerprint density at radius 1 is 1.39 bits per heavy atom. The molecule has 6 nitrogen and oxygen atoms in total. The van der Waals surface area contributed by atoms with E-state index in [4.69, 9.17) is 0 Å². The molecule has 0 saturated carbocycles. The normalized spacial score (nSPS) is 20.4. The lowest BCUT2D eigenvalue weighted by atomic mass is 10.1. The Bertz CT molecular complexity index is 635. The minimum absolute atomic E-state index is 0.150. The van der Waals surface area contributed by atoms with Crippen molar-refractivity contribution in [2.45, 2.75) is 31.1 Å². The molecule has 1 aromatic heterocycles. The zero-order valence-electron chi connectivity index (χ0n) is 13.2. The lowest BCUT2D eigenvalue weighted by Crippen LogP contribution is -2.39. The highest BCUT2D eigenvalue weighted by molar-refractivity contribution is 8.00. The van der Waals surface area contributed by atoms with Crippen molar-refractivity contribution < 1.29 is 4.79 Å². The first-order valence-electron chi connectivity index (χ1n) is 7.73. The first-order valence-corrected chi connectivity index (χ1v) is 8.72. The molecule has 122 valence electrons. The highest BCUT2D eigenvalue weighted by Crippen LogP contribution is 2.36. The van der Waals surface area contributed by atoms with Crippen LogP contribution < -0.4 is 10.6 Å². The van der Waals surface area contributed by atoms with Crippen LogP contribution in [0.3, 0.4) is 0 Å². The summed E-state index contributed by atoms with van der Waals surface area (Å²) >= 11 is 1.94. The van der Waals surface area contributed by atoms with Crippen LogP contribution in [0.4, 0.5) is 10.5 Å². The number of nitrogens with zero attached hydrogens (tertiary/aromatic N) is 3.